The van der Waals surface area contributed by atoms with E-state index in [0.29, 0.717) is 16.5 Å². The number of amides is 1. The van der Waals surface area contributed by atoms with Crippen molar-refractivity contribution in [1.29, 1.82) is 0 Å². The zero-order valence-corrected chi connectivity index (χ0v) is 19.5. The van der Waals surface area contributed by atoms with Gasteiger partial charge in [-0.25, -0.2) is 13.2 Å². The van der Waals surface area contributed by atoms with Gasteiger partial charge in [-0.3, -0.25) is 9.59 Å². The summed E-state index contributed by atoms with van der Waals surface area (Å²) in [5, 5.41) is 2.52. The number of rotatable bonds is 8. The summed E-state index contributed by atoms with van der Waals surface area (Å²) in [6, 6.07) is 6.19. The van der Waals surface area contributed by atoms with E-state index in [0.717, 1.165) is 25.0 Å². The van der Waals surface area contributed by atoms with Gasteiger partial charge in [-0.05, 0) is 78.7 Å². The maximum atomic E-state index is 14.6. The fourth-order valence-corrected chi connectivity index (χ4v) is 4.16. The topological polar surface area (TPSA) is 84.7 Å². The van der Waals surface area contributed by atoms with Crippen LogP contribution in [0.3, 0.4) is 0 Å². The van der Waals surface area contributed by atoms with Gasteiger partial charge in [0, 0.05) is 10.5 Å². The number of nitrogens with zero attached hydrogens (tertiary/aromatic N) is 1. The van der Waals surface area contributed by atoms with Crippen LogP contribution in [-0.4, -0.2) is 42.0 Å². The number of nitrogens with two attached hydrogens (primary N) is 1. The van der Waals surface area contributed by atoms with Gasteiger partial charge in [0.15, 0.2) is 11.6 Å². The van der Waals surface area contributed by atoms with Crippen molar-refractivity contribution in [2.75, 3.05) is 25.0 Å². The van der Waals surface area contributed by atoms with E-state index in [4.69, 9.17) is 10.5 Å². The van der Waals surface area contributed by atoms with Crippen molar-refractivity contribution in [2.24, 2.45) is 5.73 Å². The van der Waals surface area contributed by atoms with Crippen LogP contribution in [-0.2, 0) is 9.53 Å². The molecule has 2 aromatic carbocycles. The Morgan fingerprint density at radius 3 is 2.50 bits per heavy atom. The van der Waals surface area contributed by atoms with Gasteiger partial charge in [0.05, 0.1) is 30.0 Å². The van der Waals surface area contributed by atoms with E-state index in [1.807, 2.05) is 22.6 Å². The third kappa shape index (κ3) is 5.34. The number of carbonyl (C=O) groups excluding carboxylic acids is 2. The Balaban J connectivity index is 1.84. The predicted molar refractivity (Wildman–Crippen MR) is 122 cm³/mol. The zero-order chi connectivity index (χ0) is 23.5. The molecule has 6 nitrogen and oxygen atoms in total. The van der Waals surface area contributed by atoms with E-state index < -0.39 is 40.6 Å². The summed E-state index contributed by atoms with van der Waals surface area (Å²) in [6.07, 6.45) is 2.00. The monoisotopic (exact) mass is 561 g/mol. The Kier molecular flexibility index (Phi) is 7.65. The van der Waals surface area contributed by atoms with E-state index in [1.165, 1.54) is 24.0 Å². The van der Waals surface area contributed by atoms with Gasteiger partial charge in [-0.1, -0.05) is 0 Å². The maximum absolute atomic E-state index is 14.6. The number of anilines is 2. The Labute approximate surface area is 197 Å². The van der Waals surface area contributed by atoms with Crippen LogP contribution in [0, 0.1) is 21.0 Å². The molecular formula is C22H23F3IN3O3. The molecule has 1 saturated heterocycles. The Morgan fingerprint density at radius 1 is 1.16 bits per heavy atom. The minimum atomic E-state index is -1.29. The van der Waals surface area contributed by atoms with E-state index >= 15 is 0 Å². The molecule has 2 aromatic rings. The van der Waals surface area contributed by atoms with Crippen LogP contribution >= 0.6 is 22.6 Å². The summed E-state index contributed by atoms with van der Waals surface area (Å²) >= 11 is 1.92. The van der Waals surface area contributed by atoms with Gasteiger partial charge in [-0.2, -0.15) is 0 Å². The number of nitrogens with one attached hydrogen (secondary N) is 1. The second kappa shape index (κ2) is 10.1. The summed E-state index contributed by atoms with van der Waals surface area (Å²) in [4.78, 5) is 26.0. The van der Waals surface area contributed by atoms with E-state index in [1.54, 1.807) is 6.07 Å². The van der Waals surface area contributed by atoms with E-state index in [-0.39, 0.29) is 24.3 Å². The molecule has 32 heavy (non-hydrogen) atoms. The molecular weight excluding hydrogens is 538 g/mol. The molecule has 0 spiro atoms. The summed E-state index contributed by atoms with van der Waals surface area (Å²) in [5.41, 5.74) is 3.99. The SMILES string of the molecule is CC(=O)OC1(CCCCN)CN(C(=O)c2ccc(F)c(F)c2Nc2ccc(I)cc2F)C1. The van der Waals surface area contributed by atoms with Crippen molar-refractivity contribution in [3.8, 4) is 0 Å². The number of ether oxygens (including phenoxy) is 1. The smallest absolute Gasteiger partial charge is 0.303 e. The quantitative estimate of drug-likeness (QED) is 0.285. The minimum absolute atomic E-state index is 0.0939. The van der Waals surface area contributed by atoms with Crippen LogP contribution in [0.2, 0.25) is 0 Å². The Morgan fingerprint density at radius 2 is 1.88 bits per heavy atom. The number of carbonyl (C=O) groups is 2. The van der Waals surface area contributed by atoms with E-state index in [9.17, 15) is 22.8 Å². The van der Waals surface area contributed by atoms with Crippen molar-refractivity contribution in [2.45, 2.75) is 31.8 Å². The molecule has 0 atom stereocenters. The third-order valence-electron chi connectivity index (χ3n) is 5.21. The molecule has 1 amide bonds. The normalized spacial score (nSPS) is 14.6. The first-order valence-electron chi connectivity index (χ1n) is 10.0. The highest BCUT2D eigenvalue weighted by Crippen LogP contribution is 2.35. The number of benzene rings is 2. The van der Waals surface area contributed by atoms with Gasteiger partial charge in [0.1, 0.15) is 11.4 Å². The molecule has 0 aromatic heterocycles. The highest BCUT2D eigenvalue weighted by atomic mass is 127. The molecule has 0 unspecified atom stereocenters. The van der Waals surface area contributed by atoms with Crippen molar-refractivity contribution >= 4 is 45.8 Å². The lowest BCUT2D eigenvalue weighted by Gasteiger charge is -2.49. The first kappa shape index (κ1) is 24.3. The van der Waals surface area contributed by atoms with E-state index in [2.05, 4.69) is 5.32 Å². The second-order valence-corrected chi connectivity index (χ2v) is 8.96. The molecule has 1 aliphatic heterocycles. The van der Waals surface area contributed by atoms with Crippen LogP contribution in [0.5, 0.6) is 0 Å². The van der Waals surface area contributed by atoms with Gasteiger partial charge >= 0.3 is 5.97 Å². The average Bonchev–Trinajstić information content (AvgIpc) is 2.70. The fraction of sp³-hybridized carbons (Fsp3) is 0.364. The average molecular weight is 561 g/mol. The van der Waals surface area contributed by atoms with Gasteiger partial charge in [0.25, 0.3) is 5.91 Å². The predicted octanol–water partition coefficient (Wildman–Crippen LogP) is 4.34. The number of hydrogen-bond donors (Lipinski definition) is 2. The standard InChI is InChI=1S/C22H23F3IN3O3/c1-13(30)32-22(8-2-3-9-27)11-29(12-22)21(31)15-5-6-16(23)19(25)20(15)28-18-7-4-14(26)10-17(18)24/h4-7,10,28H,2-3,8-9,11-12,27H2,1H3. The molecule has 0 saturated carbocycles. The third-order valence-corrected chi connectivity index (χ3v) is 5.88. The lowest BCUT2D eigenvalue weighted by atomic mass is 9.87. The van der Waals surface area contributed by atoms with Gasteiger partial charge in [0.2, 0.25) is 0 Å². The highest BCUT2D eigenvalue weighted by molar-refractivity contribution is 14.1. The second-order valence-electron chi connectivity index (χ2n) is 7.72. The highest BCUT2D eigenvalue weighted by Gasteiger charge is 2.48. The van der Waals surface area contributed by atoms with Crippen LogP contribution in [0.25, 0.3) is 0 Å². The molecule has 0 bridgehead atoms. The van der Waals surface area contributed by atoms with Crippen molar-refractivity contribution in [3.05, 3.63) is 56.9 Å². The zero-order valence-electron chi connectivity index (χ0n) is 17.4. The van der Waals surface area contributed by atoms with Crippen LogP contribution in [0.4, 0.5) is 24.5 Å². The number of hydrogen-bond acceptors (Lipinski definition) is 5. The molecule has 0 aliphatic carbocycles. The fourth-order valence-electron chi connectivity index (χ4n) is 3.71. The van der Waals surface area contributed by atoms with Gasteiger partial charge < -0.3 is 20.7 Å². The maximum Gasteiger partial charge on any atom is 0.303 e. The lowest BCUT2D eigenvalue weighted by molar-refractivity contribution is -0.174. The summed E-state index contributed by atoms with van der Waals surface area (Å²) in [7, 11) is 0. The van der Waals surface area contributed by atoms with Crippen molar-refractivity contribution in [1.82, 2.24) is 4.90 Å². The Bertz CT molecular complexity index is 1030. The van der Waals surface area contributed by atoms with Crippen LogP contribution in [0.1, 0.15) is 36.5 Å². The largest absolute Gasteiger partial charge is 0.455 e. The summed E-state index contributed by atoms with van der Waals surface area (Å²) in [5.74, 6) is -4.18. The van der Waals surface area contributed by atoms with Gasteiger partial charge in [-0.15, -0.1) is 0 Å². The number of unbranched alkanes of at least 4 members (excludes halogenated alkanes) is 1. The first-order chi connectivity index (χ1) is 15.2. The molecule has 1 aliphatic rings. The van der Waals surface area contributed by atoms with Crippen LogP contribution in [0.15, 0.2) is 30.3 Å². The minimum Gasteiger partial charge on any atom is -0.455 e. The lowest BCUT2D eigenvalue weighted by Crippen LogP contribution is -2.65. The summed E-state index contributed by atoms with van der Waals surface area (Å²) < 4.78 is 48.9. The molecule has 1 fully saturated rings. The number of esters is 1. The molecule has 0 radical (unpaired) electrons. The molecule has 3 N–H and O–H groups in total. The number of halogens is 4. The molecule has 1 heterocycles. The summed E-state index contributed by atoms with van der Waals surface area (Å²) in [6.45, 7) is 2.03. The number of likely N-dealkylation sites (tertiary alicyclic amines) is 1. The van der Waals surface area contributed by atoms with Crippen LogP contribution < -0.4 is 11.1 Å². The first-order valence-corrected chi connectivity index (χ1v) is 11.1. The van der Waals surface area contributed by atoms with Crippen molar-refractivity contribution < 1.29 is 27.5 Å². The molecule has 10 heteroatoms. The van der Waals surface area contributed by atoms with Crippen molar-refractivity contribution in [3.63, 3.8) is 0 Å². The molecule has 172 valence electrons. The Hall–Kier alpha value is -2.34. The molecule has 3 rings (SSSR count).